The van der Waals surface area contributed by atoms with Crippen molar-refractivity contribution in [2.24, 2.45) is 0 Å². The third-order valence-corrected chi connectivity index (χ3v) is 6.40. The number of thioether (sulfide) groups is 1. The summed E-state index contributed by atoms with van der Waals surface area (Å²) in [7, 11) is 0. The van der Waals surface area contributed by atoms with E-state index >= 15 is 0 Å². The minimum atomic E-state index is -0.281. The molecule has 0 fully saturated rings. The van der Waals surface area contributed by atoms with Gasteiger partial charge in [0.25, 0.3) is 0 Å². The van der Waals surface area contributed by atoms with Crippen molar-refractivity contribution in [3.05, 3.63) is 87.7 Å². The van der Waals surface area contributed by atoms with Crippen LogP contribution >= 0.6 is 35.0 Å². The van der Waals surface area contributed by atoms with Crippen molar-refractivity contribution in [3.63, 3.8) is 0 Å². The Hall–Kier alpha value is -2.14. The number of rotatable bonds is 5. The Bertz CT molecular complexity index is 1180. The molecule has 0 amide bonds. The van der Waals surface area contributed by atoms with Gasteiger partial charge in [0.05, 0.1) is 15.6 Å². The van der Waals surface area contributed by atoms with Gasteiger partial charge in [-0.25, -0.2) is 14.4 Å². The van der Waals surface area contributed by atoms with Crippen molar-refractivity contribution in [1.29, 1.82) is 0 Å². The van der Waals surface area contributed by atoms with Gasteiger partial charge in [-0.05, 0) is 66.1 Å². The summed E-state index contributed by atoms with van der Waals surface area (Å²) in [6, 6.07) is 18.1. The van der Waals surface area contributed by atoms with E-state index in [0.717, 1.165) is 33.5 Å². The first kappa shape index (κ1) is 20.1. The smallest absolute Gasteiger partial charge is 0.161 e. The lowest BCUT2D eigenvalue weighted by atomic mass is 10.1. The molecule has 2 nitrogen and oxygen atoms in total. The molecule has 4 rings (SSSR count). The number of aromatic nitrogens is 2. The molecular formula is C23H17Cl2FN2S. The molecule has 0 saturated heterocycles. The van der Waals surface area contributed by atoms with Crippen molar-refractivity contribution < 1.29 is 4.39 Å². The van der Waals surface area contributed by atoms with Crippen molar-refractivity contribution in [3.8, 4) is 11.4 Å². The molecule has 0 radical (unpaired) electrons. The van der Waals surface area contributed by atoms with E-state index in [1.54, 1.807) is 30.0 Å². The fourth-order valence-corrected chi connectivity index (χ4v) is 4.26. The van der Waals surface area contributed by atoms with Crippen LogP contribution in [-0.2, 0) is 12.2 Å². The summed E-state index contributed by atoms with van der Waals surface area (Å²) >= 11 is 13.8. The fraction of sp³-hybridized carbons (Fsp3) is 0.130. The standard InChI is InChI=1S/C23H17Cl2FN2S/c1-2-14-4-10-21-18(11-14)23(29-13-15-3-9-19(24)20(25)12-15)28-22(27-21)16-5-7-17(26)8-6-16/h3-12H,2,13H2,1H3. The lowest BCUT2D eigenvalue weighted by Crippen LogP contribution is -1.96. The summed E-state index contributed by atoms with van der Waals surface area (Å²) in [4.78, 5) is 9.51. The van der Waals surface area contributed by atoms with E-state index in [-0.39, 0.29) is 5.82 Å². The van der Waals surface area contributed by atoms with E-state index in [4.69, 9.17) is 33.2 Å². The van der Waals surface area contributed by atoms with E-state index in [1.807, 2.05) is 18.2 Å². The first-order valence-corrected chi connectivity index (χ1v) is 10.9. The number of nitrogens with zero attached hydrogens (tertiary/aromatic N) is 2. The van der Waals surface area contributed by atoms with Crippen LogP contribution < -0.4 is 0 Å². The molecule has 0 bridgehead atoms. The van der Waals surface area contributed by atoms with Crippen LogP contribution in [0.1, 0.15) is 18.1 Å². The molecule has 29 heavy (non-hydrogen) atoms. The van der Waals surface area contributed by atoms with E-state index in [0.29, 0.717) is 21.6 Å². The summed E-state index contributed by atoms with van der Waals surface area (Å²) in [5, 5.41) is 2.98. The molecule has 6 heteroatoms. The quantitative estimate of drug-likeness (QED) is 0.235. The van der Waals surface area contributed by atoms with Crippen LogP contribution in [-0.4, -0.2) is 9.97 Å². The van der Waals surface area contributed by atoms with Crippen LogP contribution in [0.15, 0.2) is 65.7 Å². The van der Waals surface area contributed by atoms with Crippen molar-refractivity contribution in [2.45, 2.75) is 24.1 Å². The average Bonchev–Trinajstić information content (AvgIpc) is 2.74. The van der Waals surface area contributed by atoms with Gasteiger partial charge in [0, 0.05) is 16.7 Å². The van der Waals surface area contributed by atoms with E-state index in [2.05, 4.69) is 19.1 Å². The van der Waals surface area contributed by atoms with Crippen molar-refractivity contribution in [2.75, 3.05) is 0 Å². The van der Waals surface area contributed by atoms with E-state index in [1.165, 1.54) is 17.7 Å². The van der Waals surface area contributed by atoms with Crippen LogP contribution in [0.4, 0.5) is 4.39 Å². The number of halogens is 3. The summed E-state index contributed by atoms with van der Waals surface area (Å²) in [5.41, 5.74) is 3.94. The number of hydrogen-bond acceptors (Lipinski definition) is 3. The predicted octanol–water partition coefficient (Wildman–Crippen LogP) is 7.60. The third-order valence-electron chi connectivity index (χ3n) is 4.60. The Morgan fingerprint density at radius 2 is 1.62 bits per heavy atom. The molecule has 1 aromatic heterocycles. The molecule has 0 unspecified atom stereocenters. The summed E-state index contributed by atoms with van der Waals surface area (Å²) < 4.78 is 13.3. The molecule has 0 saturated carbocycles. The molecular weight excluding hydrogens is 426 g/mol. The van der Waals surface area contributed by atoms with Crippen LogP contribution in [0.5, 0.6) is 0 Å². The zero-order valence-electron chi connectivity index (χ0n) is 15.6. The Morgan fingerprint density at radius 1 is 0.862 bits per heavy atom. The number of benzene rings is 3. The number of aryl methyl sites for hydroxylation is 1. The lowest BCUT2D eigenvalue weighted by Gasteiger charge is -2.10. The highest BCUT2D eigenvalue weighted by molar-refractivity contribution is 7.98. The van der Waals surface area contributed by atoms with Gasteiger partial charge in [-0.3, -0.25) is 0 Å². The predicted molar refractivity (Wildman–Crippen MR) is 120 cm³/mol. The molecule has 0 aliphatic carbocycles. The summed E-state index contributed by atoms with van der Waals surface area (Å²) in [5.74, 6) is 0.997. The average molecular weight is 443 g/mol. The zero-order valence-corrected chi connectivity index (χ0v) is 18.0. The Kier molecular flexibility index (Phi) is 6.04. The Balaban J connectivity index is 1.76. The van der Waals surface area contributed by atoms with Crippen LogP contribution in [0, 0.1) is 5.82 Å². The summed E-state index contributed by atoms with van der Waals surface area (Å²) in [6.07, 6.45) is 0.937. The zero-order chi connectivity index (χ0) is 20.4. The van der Waals surface area contributed by atoms with Crippen LogP contribution in [0.2, 0.25) is 10.0 Å². The van der Waals surface area contributed by atoms with Crippen LogP contribution in [0.3, 0.4) is 0 Å². The van der Waals surface area contributed by atoms with Gasteiger partial charge < -0.3 is 0 Å². The van der Waals surface area contributed by atoms with E-state index in [9.17, 15) is 4.39 Å². The van der Waals surface area contributed by atoms with Gasteiger partial charge in [-0.2, -0.15) is 0 Å². The molecule has 4 aromatic rings. The monoisotopic (exact) mass is 442 g/mol. The highest BCUT2D eigenvalue weighted by Crippen LogP contribution is 2.32. The van der Waals surface area contributed by atoms with Gasteiger partial charge >= 0.3 is 0 Å². The van der Waals surface area contributed by atoms with Gasteiger partial charge in [-0.15, -0.1) is 11.8 Å². The molecule has 1 heterocycles. The highest BCUT2D eigenvalue weighted by atomic mass is 35.5. The van der Waals surface area contributed by atoms with Gasteiger partial charge in [0.1, 0.15) is 10.8 Å². The van der Waals surface area contributed by atoms with Crippen molar-refractivity contribution >= 4 is 45.9 Å². The van der Waals surface area contributed by atoms with Crippen molar-refractivity contribution in [1.82, 2.24) is 9.97 Å². The van der Waals surface area contributed by atoms with Gasteiger partial charge in [0.15, 0.2) is 5.82 Å². The second-order valence-electron chi connectivity index (χ2n) is 6.60. The lowest BCUT2D eigenvalue weighted by molar-refractivity contribution is 0.628. The first-order valence-electron chi connectivity index (χ1n) is 9.17. The second-order valence-corrected chi connectivity index (χ2v) is 8.38. The molecule has 0 aliphatic heterocycles. The molecule has 3 aromatic carbocycles. The first-order chi connectivity index (χ1) is 14.0. The minimum absolute atomic E-state index is 0.281. The number of hydrogen-bond donors (Lipinski definition) is 0. The Morgan fingerprint density at radius 3 is 2.34 bits per heavy atom. The molecule has 0 spiro atoms. The summed E-state index contributed by atoms with van der Waals surface area (Å²) in [6.45, 7) is 2.12. The second kappa shape index (κ2) is 8.70. The molecule has 0 aliphatic rings. The Labute approximate surface area is 183 Å². The van der Waals surface area contributed by atoms with Crippen LogP contribution in [0.25, 0.3) is 22.3 Å². The maximum Gasteiger partial charge on any atom is 0.161 e. The van der Waals surface area contributed by atoms with E-state index < -0.39 is 0 Å². The molecule has 146 valence electrons. The maximum atomic E-state index is 13.3. The fourth-order valence-electron chi connectivity index (χ4n) is 2.99. The third kappa shape index (κ3) is 4.55. The normalized spacial score (nSPS) is 11.2. The van der Waals surface area contributed by atoms with Gasteiger partial charge in [0.2, 0.25) is 0 Å². The topological polar surface area (TPSA) is 25.8 Å². The minimum Gasteiger partial charge on any atom is -0.228 e. The SMILES string of the molecule is CCc1ccc2nc(-c3ccc(F)cc3)nc(SCc3ccc(Cl)c(Cl)c3)c2c1. The highest BCUT2D eigenvalue weighted by Gasteiger charge is 2.12. The molecule has 0 N–H and O–H groups in total. The van der Waals surface area contributed by atoms with Gasteiger partial charge in [-0.1, -0.05) is 42.3 Å². The maximum absolute atomic E-state index is 13.3. The largest absolute Gasteiger partial charge is 0.228 e. The number of fused-ring (bicyclic) bond motifs is 1. The molecule has 0 atom stereocenters.